The maximum absolute atomic E-state index is 13.9. The lowest BCUT2D eigenvalue weighted by Gasteiger charge is -2.29. The number of fused-ring (bicyclic) bond motifs is 1. The van der Waals surface area contributed by atoms with Crippen LogP contribution in [-0.2, 0) is 11.4 Å². The molecule has 10 heteroatoms. The number of allylic oxidation sites excluding steroid dienone is 1. The van der Waals surface area contributed by atoms with Crippen LogP contribution in [0.5, 0.6) is 23.0 Å². The van der Waals surface area contributed by atoms with Crippen molar-refractivity contribution >= 4 is 17.5 Å². The number of anilines is 2. The Kier molecular flexibility index (Phi) is 7.86. The Labute approximate surface area is 232 Å². The molecular weight excluding hydrogens is 510 g/mol. The molecule has 2 heterocycles. The molecule has 1 aliphatic rings. The van der Waals surface area contributed by atoms with E-state index in [2.05, 4.69) is 20.7 Å². The fourth-order valence-corrected chi connectivity index (χ4v) is 4.61. The van der Waals surface area contributed by atoms with Gasteiger partial charge in [0, 0.05) is 11.8 Å². The zero-order valence-electron chi connectivity index (χ0n) is 22.8. The number of amides is 1. The number of methoxy groups -OCH3 is 2. The van der Waals surface area contributed by atoms with Crippen molar-refractivity contribution in [2.24, 2.45) is 0 Å². The molecule has 0 bridgehead atoms. The van der Waals surface area contributed by atoms with Crippen LogP contribution in [0.25, 0.3) is 0 Å². The van der Waals surface area contributed by atoms with E-state index in [9.17, 15) is 4.79 Å². The van der Waals surface area contributed by atoms with E-state index in [-0.39, 0.29) is 5.91 Å². The number of aromatic nitrogens is 3. The maximum Gasteiger partial charge on any atom is 0.255 e. The third-order valence-electron chi connectivity index (χ3n) is 6.51. The molecule has 5 rings (SSSR count). The summed E-state index contributed by atoms with van der Waals surface area (Å²) in [6, 6.07) is 20.2. The van der Waals surface area contributed by atoms with Crippen LogP contribution < -0.4 is 29.6 Å². The van der Waals surface area contributed by atoms with Crippen LogP contribution in [0.4, 0.5) is 11.6 Å². The lowest BCUT2D eigenvalue weighted by molar-refractivity contribution is -0.113. The highest BCUT2D eigenvalue weighted by molar-refractivity contribution is 6.06. The van der Waals surface area contributed by atoms with E-state index in [4.69, 9.17) is 18.9 Å². The highest BCUT2D eigenvalue weighted by Crippen LogP contribution is 2.40. The van der Waals surface area contributed by atoms with Crippen molar-refractivity contribution in [2.45, 2.75) is 26.5 Å². The van der Waals surface area contributed by atoms with E-state index in [0.717, 1.165) is 11.1 Å². The van der Waals surface area contributed by atoms with Crippen molar-refractivity contribution in [2.75, 3.05) is 31.5 Å². The second-order valence-corrected chi connectivity index (χ2v) is 9.03. The summed E-state index contributed by atoms with van der Waals surface area (Å²) >= 11 is 0. The lowest BCUT2D eigenvalue weighted by atomic mass is 9.94. The van der Waals surface area contributed by atoms with Gasteiger partial charge in [-0.2, -0.15) is 10.1 Å². The Morgan fingerprint density at radius 2 is 1.77 bits per heavy atom. The Balaban J connectivity index is 1.51. The fourth-order valence-electron chi connectivity index (χ4n) is 4.61. The van der Waals surface area contributed by atoms with Crippen LogP contribution in [-0.4, -0.2) is 41.5 Å². The van der Waals surface area contributed by atoms with Crippen LogP contribution in [0.3, 0.4) is 0 Å². The second-order valence-electron chi connectivity index (χ2n) is 9.03. The first-order valence-corrected chi connectivity index (χ1v) is 12.9. The topological polar surface area (TPSA) is 109 Å². The quantitative estimate of drug-likeness (QED) is 0.282. The summed E-state index contributed by atoms with van der Waals surface area (Å²) in [5, 5.41) is 10.6. The number of nitrogens with zero attached hydrogens (tertiary/aromatic N) is 3. The first kappa shape index (κ1) is 26.6. The molecule has 10 nitrogen and oxygen atoms in total. The van der Waals surface area contributed by atoms with Gasteiger partial charge >= 0.3 is 0 Å². The van der Waals surface area contributed by atoms with E-state index in [1.54, 1.807) is 37.1 Å². The SMILES string of the molecule is CCOc1cc([C@H]2C(C(=O)Nc3cc(OC)ccc3OC)=C(C)Nc3ncnn32)ccc1OCc1ccccc1. The number of hydrogen-bond donors (Lipinski definition) is 2. The van der Waals surface area contributed by atoms with E-state index in [0.29, 0.717) is 59.1 Å². The summed E-state index contributed by atoms with van der Waals surface area (Å²) in [5.74, 6) is 2.47. The zero-order chi connectivity index (χ0) is 28.1. The molecule has 0 spiro atoms. The van der Waals surface area contributed by atoms with E-state index in [1.165, 1.54) is 6.33 Å². The van der Waals surface area contributed by atoms with Gasteiger partial charge in [0.05, 0.1) is 32.1 Å². The Hall–Kier alpha value is -4.99. The molecule has 0 saturated carbocycles. The van der Waals surface area contributed by atoms with E-state index < -0.39 is 6.04 Å². The molecule has 4 aromatic rings. The van der Waals surface area contributed by atoms with Crippen LogP contribution in [0, 0.1) is 0 Å². The summed E-state index contributed by atoms with van der Waals surface area (Å²) in [6.45, 7) is 4.60. The maximum atomic E-state index is 13.9. The molecule has 1 atom stereocenters. The zero-order valence-corrected chi connectivity index (χ0v) is 22.8. The van der Waals surface area contributed by atoms with Gasteiger partial charge in [-0.15, -0.1) is 0 Å². The predicted octanol–water partition coefficient (Wildman–Crippen LogP) is 5.20. The molecule has 206 valence electrons. The minimum atomic E-state index is -0.585. The molecule has 2 N–H and O–H groups in total. The highest BCUT2D eigenvalue weighted by Gasteiger charge is 2.34. The number of carbonyl (C=O) groups is 1. The molecule has 1 aliphatic heterocycles. The molecule has 0 radical (unpaired) electrons. The molecule has 0 aliphatic carbocycles. The normalized spacial score (nSPS) is 14.2. The van der Waals surface area contributed by atoms with Gasteiger partial charge in [0.25, 0.3) is 5.91 Å². The largest absolute Gasteiger partial charge is 0.497 e. The number of carbonyl (C=O) groups excluding carboxylic acids is 1. The van der Waals surface area contributed by atoms with E-state index in [1.807, 2.05) is 62.4 Å². The van der Waals surface area contributed by atoms with Crippen LogP contribution in [0.2, 0.25) is 0 Å². The first-order chi connectivity index (χ1) is 19.5. The third kappa shape index (κ3) is 5.42. The fraction of sp³-hybridized carbons (Fsp3) is 0.233. The Morgan fingerprint density at radius 3 is 2.52 bits per heavy atom. The molecule has 0 saturated heterocycles. The number of hydrogen-bond acceptors (Lipinski definition) is 8. The van der Waals surface area contributed by atoms with Gasteiger partial charge in [-0.1, -0.05) is 36.4 Å². The first-order valence-electron chi connectivity index (χ1n) is 12.9. The molecule has 0 fully saturated rings. The lowest BCUT2D eigenvalue weighted by Crippen LogP contribution is -2.31. The summed E-state index contributed by atoms with van der Waals surface area (Å²) < 4.78 is 24.6. The predicted molar refractivity (Wildman–Crippen MR) is 151 cm³/mol. The van der Waals surface area contributed by atoms with Crippen molar-refractivity contribution in [3.8, 4) is 23.0 Å². The minimum absolute atomic E-state index is 0.329. The van der Waals surface area contributed by atoms with Crippen molar-refractivity contribution in [3.05, 3.63) is 95.5 Å². The molecule has 0 unspecified atom stereocenters. The summed E-state index contributed by atoms with van der Waals surface area (Å²) in [7, 11) is 3.11. The van der Waals surface area contributed by atoms with Gasteiger partial charge in [0.15, 0.2) is 11.5 Å². The third-order valence-corrected chi connectivity index (χ3v) is 6.51. The number of nitrogens with one attached hydrogen (secondary N) is 2. The van der Waals surface area contributed by atoms with Crippen LogP contribution in [0.15, 0.2) is 84.3 Å². The molecule has 40 heavy (non-hydrogen) atoms. The standard InChI is InChI=1S/C30H31N5O5/c1-5-39-26-15-21(11-13-25(26)40-17-20-9-7-6-8-10-20)28-27(19(2)33-30-31-18-32-35(28)30)29(36)34-23-16-22(37-3)12-14-24(23)38-4/h6-16,18,28H,5,17H2,1-4H3,(H,34,36)(H,31,32,33)/t28-/m0/s1. The minimum Gasteiger partial charge on any atom is -0.497 e. The van der Waals surface area contributed by atoms with E-state index >= 15 is 0 Å². The number of ether oxygens (including phenoxy) is 4. The van der Waals surface area contributed by atoms with Gasteiger partial charge in [-0.05, 0) is 49.2 Å². The summed E-state index contributed by atoms with van der Waals surface area (Å²) in [6.07, 6.45) is 1.45. The number of rotatable bonds is 10. The number of benzene rings is 3. The van der Waals surface area contributed by atoms with Gasteiger partial charge in [-0.25, -0.2) is 4.68 Å². The average molecular weight is 542 g/mol. The highest BCUT2D eigenvalue weighted by atomic mass is 16.5. The van der Waals surface area contributed by atoms with Crippen molar-refractivity contribution in [3.63, 3.8) is 0 Å². The van der Waals surface area contributed by atoms with Crippen molar-refractivity contribution in [1.29, 1.82) is 0 Å². The smallest absolute Gasteiger partial charge is 0.255 e. The Morgan fingerprint density at radius 1 is 0.975 bits per heavy atom. The van der Waals surface area contributed by atoms with Gasteiger partial charge < -0.3 is 29.6 Å². The van der Waals surface area contributed by atoms with Crippen molar-refractivity contribution < 1.29 is 23.7 Å². The summed E-state index contributed by atoms with van der Waals surface area (Å²) in [5.41, 5.74) is 3.42. The molecular formula is C30H31N5O5. The van der Waals surface area contributed by atoms with Crippen molar-refractivity contribution in [1.82, 2.24) is 14.8 Å². The van der Waals surface area contributed by atoms with Gasteiger partial charge in [0.2, 0.25) is 5.95 Å². The molecule has 3 aromatic carbocycles. The average Bonchev–Trinajstić information content (AvgIpc) is 3.44. The molecule has 1 aromatic heterocycles. The van der Waals surface area contributed by atoms with Gasteiger partial charge in [-0.3, -0.25) is 4.79 Å². The van der Waals surface area contributed by atoms with Gasteiger partial charge in [0.1, 0.15) is 30.5 Å². The van der Waals surface area contributed by atoms with Crippen LogP contribution >= 0.6 is 0 Å². The monoisotopic (exact) mass is 541 g/mol. The summed E-state index contributed by atoms with van der Waals surface area (Å²) in [4.78, 5) is 18.2. The molecule has 1 amide bonds. The Bertz CT molecular complexity index is 1530. The second kappa shape index (κ2) is 11.8. The van der Waals surface area contributed by atoms with Crippen LogP contribution in [0.1, 0.15) is 31.0 Å².